The summed E-state index contributed by atoms with van der Waals surface area (Å²) in [6.07, 6.45) is 3.97. The number of carbonyl (C=O) groups excluding carboxylic acids is 2. The monoisotopic (exact) mass is 438 g/mol. The fraction of sp³-hybridized carbons (Fsp3) is 0.286. The van der Waals surface area contributed by atoms with E-state index in [-0.39, 0.29) is 11.5 Å². The minimum absolute atomic E-state index is 0.167. The maximum atomic E-state index is 13.0. The minimum atomic E-state index is -0.475. The van der Waals surface area contributed by atoms with Crippen molar-refractivity contribution in [3.8, 4) is 6.07 Å². The SMILES string of the molecule is CCCn1cc(C(=O)Nc2cc(NCCOC)c(C#N)cn2)c2nc(C(=O)S)ccc21. The predicted molar refractivity (Wildman–Crippen MR) is 121 cm³/mol. The van der Waals surface area contributed by atoms with Gasteiger partial charge in [-0.2, -0.15) is 5.26 Å². The maximum absolute atomic E-state index is 13.0. The highest BCUT2D eigenvalue weighted by Gasteiger charge is 2.19. The zero-order chi connectivity index (χ0) is 22.4. The standard InChI is InChI=1S/C21H22N6O3S/c1-3-7-27-12-14(19-17(27)5-4-15(25-19)21(29)31)20(28)26-18-9-16(23-6-8-30-2)13(10-22)11-24-18/h4-5,9,11-12H,3,6-8H2,1-2H3,(H,29,31)(H2,23,24,26,28). The quantitative estimate of drug-likeness (QED) is 0.347. The van der Waals surface area contributed by atoms with E-state index < -0.39 is 11.0 Å². The Morgan fingerprint density at radius 3 is 2.84 bits per heavy atom. The Bertz CT molecular complexity index is 1170. The molecule has 0 saturated heterocycles. The molecule has 9 nitrogen and oxygen atoms in total. The zero-order valence-electron chi connectivity index (χ0n) is 17.2. The van der Waals surface area contributed by atoms with Crippen LogP contribution in [-0.4, -0.2) is 45.8 Å². The number of amides is 1. The Hall–Kier alpha value is -3.42. The van der Waals surface area contributed by atoms with Gasteiger partial charge in [0.15, 0.2) is 0 Å². The number of ether oxygens (including phenoxy) is 1. The molecule has 1 amide bonds. The normalized spacial score (nSPS) is 10.6. The number of carbonyl (C=O) groups is 2. The van der Waals surface area contributed by atoms with Crippen molar-refractivity contribution in [3.63, 3.8) is 0 Å². The Kier molecular flexibility index (Phi) is 7.23. The molecule has 160 valence electrons. The first-order valence-corrected chi connectivity index (χ1v) is 10.1. The Balaban J connectivity index is 1.94. The van der Waals surface area contributed by atoms with Gasteiger partial charge >= 0.3 is 0 Å². The summed E-state index contributed by atoms with van der Waals surface area (Å²) in [6.45, 7) is 3.69. The van der Waals surface area contributed by atoms with Gasteiger partial charge in [-0.1, -0.05) is 19.6 Å². The number of aryl methyl sites for hydroxylation is 1. The summed E-state index contributed by atoms with van der Waals surface area (Å²) in [4.78, 5) is 33.2. The molecule has 10 heteroatoms. The van der Waals surface area contributed by atoms with Gasteiger partial charge in [-0.3, -0.25) is 9.59 Å². The van der Waals surface area contributed by atoms with Crippen LogP contribution in [0, 0.1) is 11.3 Å². The molecule has 3 aromatic heterocycles. The number of nitrogens with zero attached hydrogens (tertiary/aromatic N) is 4. The molecule has 0 unspecified atom stereocenters. The first-order valence-electron chi connectivity index (χ1n) is 9.66. The summed E-state index contributed by atoms with van der Waals surface area (Å²) in [5.74, 6) is -0.141. The second-order valence-electron chi connectivity index (χ2n) is 6.71. The molecule has 0 bridgehead atoms. The van der Waals surface area contributed by atoms with E-state index in [1.54, 1.807) is 31.5 Å². The van der Waals surface area contributed by atoms with Crippen molar-refractivity contribution in [2.45, 2.75) is 19.9 Å². The lowest BCUT2D eigenvalue weighted by Crippen LogP contribution is -2.14. The number of hydrogen-bond acceptors (Lipinski definition) is 7. The summed E-state index contributed by atoms with van der Waals surface area (Å²) < 4.78 is 6.93. The molecule has 0 aliphatic heterocycles. The van der Waals surface area contributed by atoms with Crippen LogP contribution in [0.25, 0.3) is 11.0 Å². The molecular formula is C21H22N6O3S. The lowest BCUT2D eigenvalue weighted by molar-refractivity contribution is 0.102. The molecular weight excluding hydrogens is 416 g/mol. The minimum Gasteiger partial charge on any atom is -0.383 e. The Labute approximate surface area is 184 Å². The van der Waals surface area contributed by atoms with Crippen LogP contribution in [0.4, 0.5) is 11.5 Å². The second-order valence-corrected chi connectivity index (χ2v) is 7.11. The molecule has 3 aromatic rings. The summed E-state index contributed by atoms with van der Waals surface area (Å²) in [5, 5.41) is 14.6. The number of thiol groups is 1. The van der Waals surface area contributed by atoms with E-state index in [0.717, 1.165) is 11.9 Å². The van der Waals surface area contributed by atoms with Crippen LogP contribution in [0.3, 0.4) is 0 Å². The number of aromatic nitrogens is 3. The van der Waals surface area contributed by atoms with Crippen LogP contribution in [0.2, 0.25) is 0 Å². The van der Waals surface area contributed by atoms with E-state index in [2.05, 4.69) is 39.3 Å². The third kappa shape index (κ3) is 5.02. The van der Waals surface area contributed by atoms with Gasteiger partial charge < -0.3 is 19.9 Å². The van der Waals surface area contributed by atoms with Gasteiger partial charge in [0.25, 0.3) is 5.91 Å². The molecule has 2 N–H and O–H groups in total. The summed E-state index contributed by atoms with van der Waals surface area (Å²) in [6, 6.07) is 7.00. The van der Waals surface area contributed by atoms with Crippen LogP contribution in [0.15, 0.2) is 30.6 Å². The number of pyridine rings is 2. The molecule has 3 rings (SSSR count). The number of fused-ring (bicyclic) bond motifs is 1. The van der Waals surface area contributed by atoms with Gasteiger partial charge in [0.05, 0.1) is 28.9 Å². The number of rotatable bonds is 9. The smallest absolute Gasteiger partial charge is 0.260 e. The molecule has 0 atom stereocenters. The third-order valence-corrected chi connectivity index (χ3v) is 4.77. The molecule has 0 saturated carbocycles. The van der Waals surface area contributed by atoms with Crippen LogP contribution >= 0.6 is 12.6 Å². The molecule has 31 heavy (non-hydrogen) atoms. The van der Waals surface area contributed by atoms with Crippen LogP contribution in [-0.2, 0) is 11.3 Å². The van der Waals surface area contributed by atoms with Gasteiger partial charge in [0.1, 0.15) is 23.1 Å². The topological polar surface area (TPSA) is 122 Å². The number of nitrogens with one attached hydrogen (secondary N) is 2. The summed E-state index contributed by atoms with van der Waals surface area (Å²) >= 11 is 3.83. The highest BCUT2D eigenvalue weighted by atomic mass is 32.1. The Morgan fingerprint density at radius 2 is 2.16 bits per heavy atom. The van der Waals surface area contributed by atoms with Crippen molar-refractivity contribution in [2.75, 3.05) is 30.9 Å². The molecule has 0 fully saturated rings. The van der Waals surface area contributed by atoms with Crippen LogP contribution in [0.1, 0.15) is 39.8 Å². The molecule has 0 aliphatic rings. The van der Waals surface area contributed by atoms with Crippen LogP contribution in [0.5, 0.6) is 0 Å². The maximum Gasteiger partial charge on any atom is 0.260 e. The van der Waals surface area contributed by atoms with Crippen molar-refractivity contribution in [1.82, 2.24) is 14.5 Å². The average molecular weight is 439 g/mol. The van der Waals surface area contributed by atoms with E-state index in [0.29, 0.717) is 42.0 Å². The van der Waals surface area contributed by atoms with Gasteiger partial charge in [0.2, 0.25) is 5.12 Å². The number of anilines is 2. The number of hydrogen-bond donors (Lipinski definition) is 3. The van der Waals surface area contributed by atoms with Crippen molar-refractivity contribution >= 4 is 46.2 Å². The van der Waals surface area contributed by atoms with Gasteiger partial charge in [-0.25, -0.2) is 9.97 Å². The number of nitriles is 1. The van der Waals surface area contributed by atoms with Gasteiger partial charge in [-0.05, 0) is 18.6 Å². The fourth-order valence-corrected chi connectivity index (χ4v) is 3.23. The van der Waals surface area contributed by atoms with E-state index in [4.69, 9.17) is 4.74 Å². The van der Waals surface area contributed by atoms with Crippen molar-refractivity contribution in [2.24, 2.45) is 0 Å². The first-order chi connectivity index (χ1) is 15.0. The largest absolute Gasteiger partial charge is 0.383 e. The van der Waals surface area contributed by atoms with E-state index in [9.17, 15) is 14.9 Å². The lowest BCUT2D eigenvalue weighted by atomic mass is 10.2. The highest BCUT2D eigenvalue weighted by Crippen LogP contribution is 2.23. The number of methoxy groups -OCH3 is 1. The van der Waals surface area contributed by atoms with Crippen molar-refractivity contribution in [3.05, 3.63) is 47.4 Å². The fourth-order valence-electron chi connectivity index (χ4n) is 3.11. The third-order valence-electron chi connectivity index (χ3n) is 4.54. The molecule has 0 aromatic carbocycles. The van der Waals surface area contributed by atoms with E-state index in [1.807, 2.05) is 11.5 Å². The first kappa shape index (κ1) is 22.3. The molecule has 0 aliphatic carbocycles. The lowest BCUT2D eigenvalue weighted by Gasteiger charge is -2.10. The van der Waals surface area contributed by atoms with E-state index >= 15 is 0 Å². The summed E-state index contributed by atoms with van der Waals surface area (Å²) in [7, 11) is 1.58. The Morgan fingerprint density at radius 1 is 1.35 bits per heavy atom. The predicted octanol–water partition coefficient (Wildman–Crippen LogP) is 3.09. The zero-order valence-corrected chi connectivity index (χ0v) is 18.1. The van der Waals surface area contributed by atoms with Gasteiger partial charge in [0, 0.05) is 38.7 Å². The van der Waals surface area contributed by atoms with Crippen molar-refractivity contribution in [1.29, 1.82) is 5.26 Å². The van der Waals surface area contributed by atoms with Crippen molar-refractivity contribution < 1.29 is 14.3 Å². The molecule has 0 radical (unpaired) electrons. The molecule has 3 heterocycles. The highest BCUT2D eigenvalue weighted by molar-refractivity contribution is 7.97. The average Bonchev–Trinajstić information content (AvgIpc) is 3.12. The van der Waals surface area contributed by atoms with Gasteiger partial charge in [-0.15, -0.1) is 0 Å². The molecule has 0 spiro atoms. The van der Waals surface area contributed by atoms with Crippen LogP contribution < -0.4 is 10.6 Å². The summed E-state index contributed by atoms with van der Waals surface area (Å²) in [5.41, 5.74) is 2.55. The second kappa shape index (κ2) is 10.1. The van der Waals surface area contributed by atoms with E-state index in [1.165, 1.54) is 6.20 Å².